The van der Waals surface area contributed by atoms with Gasteiger partial charge in [0.2, 0.25) is 0 Å². The number of carbonyl (C=O) groups is 1. The monoisotopic (exact) mass is 277 g/mol. The Labute approximate surface area is 120 Å². The molecule has 1 aromatic rings. The van der Waals surface area contributed by atoms with Crippen LogP contribution >= 0.6 is 0 Å². The van der Waals surface area contributed by atoms with Gasteiger partial charge in [-0.3, -0.25) is 4.79 Å². The molecule has 4 heteroatoms. The van der Waals surface area contributed by atoms with E-state index < -0.39 is 0 Å². The van der Waals surface area contributed by atoms with Crippen molar-refractivity contribution >= 4 is 5.78 Å². The second-order valence-corrected chi connectivity index (χ2v) is 5.32. The van der Waals surface area contributed by atoms with Crippen molar-refractivity contribution in [3.05, 3.63) is 23.8 Å². The fourth-order valence-electron chi connectivity index (χ4n) is 3.08. The van der Waals surface area contributed by atoms with Crippen LogP contribution in [0, 0.1) is 5.41 Å². The number of hydrogen-bond donors (Lipinski definition) is 1. The Balaban J connectivity index is 2.46. The molecule has 0 aliphatic carbocycles. The lowest BCUT2D eigenvalue weighted by Crippen LogP contribution is -2.34. The van der Waals surface area contributed by atoms with Crippen LogP contribution < -0.4 is 14.8 Å². The zero-order chi connectivity index (χ0) is 14.6. The summed E-state index contributed by atoms with van der Waals surface area (Å²) >= 11 is 0. The first-order valence-electron chi connectivity index (χ1n) is 7.15. The highest BCUT2D eigenvalue weighted by molar-refractivity contribution is 6.05. The van der Waals surface area contributed by atoms with E-state index in [4.69, 9.17) is 9.47 Å². The highest BCUT2D eigenvalue weighted by Crippen LogP contribution is 2.40. The third-order valence-corrected chi connectivity index (χ3v) is 4.11. The number of Topliss-reactive ketones (excluding diaryl/α,β-unsaturated/α-hetero) is 1. The summed E-state index contributed by atoms with van der Waals surface area (Å²) in [5, 5.41) is 3.32. The second-order valence-electron chi connectivity index (χ2n) is 5.32. The highest BCUT2D eigenvalue weighted by atomic mass is 16.5. The van der Waals surface area contributed by atoms with Crippen molar-refractivity contribution in [1.29, 1.82) is 0 Å². The van der Waals surface area contributed by atoms with E-state index in [2.05, 4.69) is 12.2 Å². The number of methoxy groups -OCH3 is 2. The molecule has 110 valence electrons. The van der Waals surface area contributed by atoms with Gasteiger partial charge in [0.25, 0.3) is 0 Å². The molecular formula is C16H23NO3. The molecule has 1 atom stereocenters. The Bertz CT molecular complexity index is 456. The van der Waals surface area contributed by atoms with Gasteiger partial charge in [0, 0.05) is 12.0 Å². The van der Waals surface area contributed by atoms with Gasteiger partial charge in [0.1, 0.15) is 17.1 Å². The summed E-state index contributed by atoms with van der Waals surface area (Å²) in [7, 11) is 3.18. The molecule has 20 heavy (non-hydrogen) atoms. The third kappa shape index (κ3) is 2.52. The van der Waals surface area contributed by atoms with Crippen molar-refractivity contribution in [2.75, 3.05) is 27.3 Å². The predicted molar refractivity (Wildman–Crippen MR) is 78.7 cm³/mol. The Morgan fingerprint density at radius 2 is 1.95 bits per heavy atom. The number of ether oxygens (including phenoxy) is 2. The first-order chi connectivity index (χ1) is 9.68. The molecule has 1 aliphatic rings. The van der Waals surface area contributed by atoms with Gasteiger partial charge in [-0.25, -0.2) is 0 Å². The second kappa shape index (κ2) is 6.27. The first-order valence-corrected chi connectivity index (χ1v) is 7.15. The summed E-state index contributed by atoms with van der Waals surface area (Å²) < 4.78 is 10.7. The summed E-state index contributed by atoms with van der Waals surface area (Å²) in [6.45, 7) is 3.75. The average Bonchev–Trinajstić information content (AvgIpc) is 2.95. The summed E-state index contributed by atoms with van der Waals surface area (Å²) in [4.78, 5) is 13.1. The molecule has 0 amide bonds. The van der Waals surface area contributed by atoms with E-state index >= 15 is 0 Å². The standard InChI is InChI=1S/C16H23NO3/c1-4-8-16(9-10-17-11-16)15(18)14-12(19-2)6-5-7-13(14)20-3/h5-7,17H,4,8-11H2,1-3H3. The summed E-state index contributed by atoms with van der Waals surface area (Å²) in [6.07, 6.45) is 2.76. The van der Waals surface area contributed by atoms with Crippen molar-refractivity contribution in [2.45, 2.75) is 26.2 Å². The Morgan fingerprint density at radius 1 is 1.30 bits per heavy atom. The lowest BCUT2D eigenvalue weighted by molar-refractivity contribution is 0.0795. The zero-order valence-electron chi connectivity index (χ0n) is 12.5. The fraction of sp³-hybridized carbons (Fsp3) is 0.562. The lowest BCUT2D eigenvalue weighted by atomic mass is 9.75. The van der Waals surface area contributed by atoms with Crippen molar-refractivity contribution in [2.24, 2.45) is 5.41 Å². The van der Waals surface area contributed by atoms with Gasteiger partial charge in [0.05, 0.1) is 14.2 Å². The molecule has 4 nitrogen and oxygen atoms in total. The quantitative estimate of drug-likeness (QED) is 0.812. The topological polar surface area (TPSA) is 47.6 Å². The van der Waals surface area contributed by atoms with Gasteiger partial charge in [-0.15, -0.1) is 0 Å². The van der Waals surface area contributed by atoms with E-state index in [-0.39, 0.29) is 11.2 Å². The van der Waals surface area contributed by atoms with Crippen molar-refractivity contribution in [3.63, 3.8) is 0 Å². The molecule has 0 bridgehead atoms. The zero-order valence-corrected chi connectivity index (χ0v) is 12.5. The maximum Gasteiger partial charge on any atom is 0.177 e. The maximum absolute atomic E-state index is 13.1. The van der Waals surface area contributed by atoms with Crippen molar-refractivity contribution < 1.29 is 14.3 Å². The molecule has 1 fully saturated rings. The van der Waals surface area contributed by atoms with Gasteiger partial charge in [-0.1, -0.05) is 19.4 Å². The van der Waals surface area contributed by atoms with E-state index in [9.17, 15) is 4.79 Å². The molecule has 1 saturated heterocycles. The summed E-state index contributed by atoms with van der Waals surface area (Å²) in [5.74, 6) is 1.33. The molecule has 0 aromatic heterocycles. The molecule has 1 aliphatic heterocycles. The average molecular weight is 277 g/mol. The molecule has 2 rings (SSSR count). The number of rotatable bonds is 6. The molecule has 0 spiro atoms. The van der Waals surface area contributed by atoms with Crippen LogP contribution in [-0.4, -0.2) is 33.1 Å². The van der Waals surface area contributed by atoms with E-state index in [1.807, 2.05) is 18.2 Å². The largest absolute Gasteiger partial charge is 0.496 e. The molecule has 1 aromatic carbocycles. The van der Waals surface area contributed by atoms with Crippen LogP contribution in [0.3, 0.4) is 0 Å². The lowest BCUT2D eigenvalue weighted by Gasteiger charge is -2.27. The van der Waals surface area contributed by atoms with Gasteiger partial charge >= 0.3 is 0 Å². The van der Waals surface area contributed by atoms with Crippen molar-refractivity contribution in [3.8, 4) is 11.5 Å². The Kier molecular flexibility index (Phi) is 4.65. The first kappa shape index (κ1) is 14.9. The van der Waals surface area contributed by atoms with Crippen LogP contribution in [0.1, 0.15) is 36.5 Å². The molecule has 0 radical (unpaired) electrons. The number of carbonyl (C=O) groups excluding carboxylic acids is 1. The van der Waals surface area contributed by atoms with Crippen LogP contribution in [0.4, 0.5) is 0 Å². The molecule has 1 heterocycles. The minimum Gasteiger partial charge on any atom is -0.496 e. The van der Waals surface area contributed by atoms with Crippen LogP contribution in [0.2, 0.25) is 0 Å². The van der Waals surface area contributed by atoms with E-state index in [0.717, 1.165) is 32.4 Å². The minimum atomic E-state index is -0.323. The minimum absolute atomic E-state index is 0.138. The molecule has 1 unspecified atom stereocenters. The SMILES string of the molecule is CCCC1(C(=O)c2c(OC)cccc2OC)CCNC1. The smallest absolute Gasteiger partial charge is 0.177 e. The molecule has 0 saturated carbocycles. The van der Waals surface area contributed by atoms with Gasteiger partial charge in [-0.05, 0) is 31.5 Å². The molecular weight excluding hydrogens is 254 g/mol. The van der Waals surface area contributed by atoms with E-state index in [1.165, 1.54) is 0 Å². The fourth-order valence-corrected chi connectivity index (χ4v) is 3.08. The van der Waals surface area contributed by atoms with Gasteiger partial charge < -0.3 is 14.8 Å². The third-order valence-electron chi connectivity index (χ3n) is 4.11. The number of hydrogen-bond acceptors (Lipinski definition) is 4. The Hall–Kier alpha value is -1.55. The normalized spacial score (nSPS) is 21.8. The highest BCUT2D eigenvalue weighted by Gasteiger charge is 2.42. The van der Waals surface area contributed by atoms with Crippen molar-refractivity contribution in [1.82, 2.24) is 5.32 Å². The van der Waals surface area contributed by atoms with Crippen LogP contribution in [-0.2, 0) is 0 Å². The number of nitrogens with one attached hydrogen (secondary N) is 1. The van der Waals surface area contributed by atoms with Gasteiger partial charge in [0.15, 0.2) is 5.78 Å². The maximum atomic E-state index is 13.1. The van der Waals surface area contributed by atoms with Crippen LogP contribution in [0.15, 0.2) is 18.2 Å². The van der Waals surface area contributed by atoms with E-state index in [0.29, 0.717) is 17.1 Å². The summed E-state index contributed by atoms with van der Waals surface area (Å²) in [5.41, 5.74) is 0.256. The number of benzene rings is 1. The molecule has 1 N–H and O–H groups in total. The van der Waals surface area contributed by atoms with Crippen LogP contribution in [0.5, 0.6) is 11.5 Å². The van der Waals surface area contributed by atoms with E-state index in [1.54, 1.807) is 14.2 Å². The number of ketones is 1. The Morgan fingerprint density at radius 3 is 2.40 bits per heavy atom. The summed E-state index contributed by atoms with van der Waals surface area (Å²) in [6, 6.07) is 5.48. The predicted octanol–water partition coefficient (Wildman–Crippen LogP) is 2.67. The van der Waals surface area contributed by atoms with Gasteiger partial charge in [-0.2, -0.15) is 0 Å². The van der Waals surface area contributed by atoms with Crippen LogP contribution in [0.25, 0.3) is 0 Å².